The Morgan fingerprint density at radius 1 is 1.36 bits per heavy atom. The summed E-state index contributed by atoms with van der Waals surface area (Å²) >= 11 is 1.62. The molecule has 1 unspecified atom stereocenters. The number of thioether (sulfide) groups is 1. The SMILES string of the molecule is [CH2]C(O)CSc1ccccc1. The van der Waals surface area contributed by atoms with Crippen LogP contribution in [0.3, 0.4) is 0 Å². The molecule has 0 heterocycles. The van der Waals surface area contributed by atoms with E-state index >= 15 is 0 Å². The lowest BCUT2D eigenvalue weighted by Crippen LogP contribution is -2.02. The van der Waals surface area contributed by atoms with Crippen molar-refractivity contribution in [2.75, 3.05) is 5.75 Å². The third-order valence-corrected chi connectivity index (χ3v) is 2.34. The van der Waals surface area contributed by atoms with Gasteiger partial charge in [0.15, 0.2) is 0 Å². The van der Waals surface area contributed by atoms with Crippen LogP contribution in [0.15, 0.2) is 35.2 Å². The molecule has 1 aromatic rings. The first kappa shape index (κ1) is 8.62. The molecular formula is C9H11OS. The van der Waals surface area contributed by atoms with Crippen molar-refractivity contribution in [3.8, 4) is 0 Å². The second kappa shape index (κ2) is 4.42. The Labute approximate surface area is 71.4 Å². The molecule has 1 rings (SSSR count). The standard InChI is InChI=1S/C9H11OS/c1-8(10)7-11-9-5-3-2-4-6-9/h2-6,8,10H,1,7H2. The van der Waals surface area contributed by atoms with Gasteiger partial charge in [0, 0.05) is 10.6 Å². The predicted octanol–water partition coefficient (Wildman–Crippen LogP) is 1.97. The normalized spacial score (nSPS) is 12.9. The summed E-state index contributed by atoms with van der Waals surface area (Å²) in [5, 5.41) is 8.88. The van der Waals surface area contributed by atoms with E-state index in [2.05, 4.69) is 6.92 Å². The van der Waals surface area contributed by atoms with Gasteiger partial charge in [0.2, 0.25) is 0 Å². The molecule has 0 aliphatic carbocycles. The Bertz CT molecular complexity index is 196. The molecule has 0 aromatic heterocycles. The summed E-state index contributed by atoms with van der Waals surface area (Å²) in [6, 6.07) is 9.99. The molecule has 0 aliphatic heterocycles. The monoisotopic (exact) mass is 167 g/mol. The molecule has 0 aliphatic rings. The quantitative estimate of drug-likeness (QED) is 0.695. The fourth-order valence-corrected chi connectivity index (χ4v) is 1.44. The number of aliphatic hydroxyl groups excluding tert-OH is 1. The van der Waals surface area contributed by atoms with Crippen molar-refractivity contribution in [1.29, 1.82) is 0 Å². The van der Waals surface area contributed by atoms with Gasteiger partial charge in [0.25, 0.3) is 0 Å². The van der Waals surface area contributed by atoms with E-state index in [1.807, 2.05) is 30.3 Å². The average Bonchev–Trinajstić information content (AvgIpc) is 2.03. The van der Waals surface area contributed by atoms with Crippen LogP contribution in [-0.2, 0) is 0 Å². The molecule has 0 amide bonds. The summed E-state index contributed by atoms with van der Waals surface area (Å²) in [4.78, 5) is 1.18. The lowest BCUT2D eigenvalue weighted by Gasteiger charge is -2.02. The summed E-state index contributed by atoms with van der Waals surface area (Å²) in [5.41, 5.74) is 0. The van der Waals surface area contributed by atoms with Crippen LogP contribution in [-0.4, -0.2) is 17.0 Å². The van der Waals surface area contributed by atoms with Crippen molar-refractivity contribution in [2.24, 2.45) is 0 Å². The zero-order valence-electron chi connectivity index (χ0n) is 6.23. The molecule has 1 aromatic carbocycles. The van der Waals surface area contributed by atoms with Crippen LogP contribution in [0, 0.1) is 6.92 Å². The molecule has 0 saturated heterocycles. The van der Waals surface area contributed by atoms with Crippen molar-refractivity contribution >= 4 is 11.8 Å². The van der Waals surface area contributed by atoms with Crippen LogP contribution in [0.1, 0.15) is 0 Å². The van der Waals surface area contributed by atoms with Gasteiger partial charge in [-0.25, -0.2) is 0 Å². The van der Waals surface area contributed by atoms with Gasteiger partial charge < -0.3 is 5.11 Å². The molecule has 0 fully saturated rings. The number of aliphatic hydroxyl groups is 1. The summed E-state index contributed by atoms with van der Waals surface area (Å²) in [7, 11) is 0. The second-order valence-corrected chi connectivity index (χ2v) is 3.37. The smallest absolute Gasteiger partial charge is 0.0635 e. The number of benzene rings is 1. The highest BCUT2D eigenvalue weighted by molar-refractivity contribution is 7.99. The van der Waals surface area contributed by atoms with E-state index in [-0.39, 0.29) is 0 Å². The summed E-state index contributed by atoms with van der Waals surface area (Å²) in [5.74, 6) is 0.657. The fourth-order valence-electron chi connectivity index (χ4n) is 0.709. The Kier molecular flexibility index (Phi) is 3.46. The van der Waals surface area contributed by atoms with Gasteiger partial charge >= 0.3 is 0 Å². The maximum Gasteiger partial charge on any atom is 0.0635 e. The highest BCUT2D eigenvalue weighted by atomic mass is 32.2. The van der Waals surface area contributed by atoms with Crippen molar-refractivity contribution in [3.05, 3.63) is 37.3 Å². The summed E-state index contributed by atoms with van der Waals surface area (Å²) < 4.78 is 0. The van der Waals surface area contributed by atoms with Gasteiger partial charge in [-0.3, -0.25) is 0 Å². The van der Waals surface area contributed by atoms with Crippen LogP contribution < -0.4 is 0 Å². The van der Waals surface area contributed by atoms with Crippen LogP contribution >= 0.6 is 11.8 Å². The van der Waals surface area contributed by atoms with E-state index in [1.54, 1.807) is 11.8 Å². The number of rotatable bonds is 3. The van der Waals surface area contributed by atoms with Crippen LogP contribution in [0.25, 0.3) is 0 Å². The molecule has 1 N–H and O–H groups in total. The van der Waals surface area contributed by atoms with Crippen LogP contribution in [0.5, 0.6) is 0 Å². The number of hydrogen-bond donors (Lipinski definition) is 1. The molecule has 1 atom stereocenters. The Morgan fingerprint density at radius 3 is 2.55 bits per heavy atom. The molecule has 11 heavy (non-hydrogen) atoms. The lowest BCUT2D eigenvalue weighted by molar-refractivity contribution is 0.246. The van der Waals surface area contributed by atoms with E-state index in [0.717, 1.165) is 0 Å². The largest absolute Gasteiger partial charge is 0.392 e. The molecule has 0 bridgehead atoms. The zero-order valence-corrected chi connectivity index (χ0v) is 7.05. The third kappa shape index (κ3) is 3.44. The van der Waals surface area contributed by atoms with Gasteiger partial charge in [-0.2, -0.15) is 0 Å². The zero-order chi connectivity index (χ0) is 8.10. The third-order valence-electron chi connectivity index (χ3n) is 1.19. The van der Waals surface area contributed by atoms with E-state index in [9.17, 15) is 0 Å². The Morgan fingerprint density at radius 2 is 2.00 bits per heavy atom. The maximum absolute atomic E-state index is 8.88. The molecule has 59 valence electrons. The van der Waals surface area contributed by atoms with Crippen LogP contribution in [0.2, 0.25) is 0 Å². The second-order valence-electron chi connectivity index (χ2n) is 2.28. The molecule has 0 saturated carbocycles. The van der Waals surface area contributed by atoms with E-state index in [0.29, 0.717) is 5.75 Å². The van der Waals surface area contributed by atoms with Gasteiger partial charge in [0.1, 0.15) is 0 Å². The van der Waals surface area contributed by atoms with E-state index in [1.165, 1.54) is 4.90 Å². The highest BCUT2D eigenvalue weighted by Crippen LogP contribution is 2.17. The van der Waals surface area contributed by atoms with E-state index < -0.39 is 6.10 Å². The molecule has 1 nitrogen and oxygen atoms in total. The van der Waals surface area contributed by atoms with Gasteiger partial charge in [-0.05, 0) is 19.1 Å². The van der Waals surface area contributed by atoms with Crippen molar-refractivity contribution in [3.63, 3.8) is 0 Å². The van der Waals surface area contributed by atoms with Crippen molar-refractivity contribution in [1.82, 2.24) is 0 Å². The summed E-state index contributed by atoms with van der Waals surface area (Å²) in [6.07, 6.45) is -0.472. The maximum atomic E-state index is 8.88. The predicted molar refractivity (Wildman–Crippen MR) is 48.5 cm³/mol. The van der Waals surface area contributed by atoms with Crippen molar-refractivity contribution < 1.29 is 5.11 Å². The highest BCUT2D eigenvalue weighted by Gasteiger charge is 1.96. The molecule has 0 spiro atoms. The number of hydrogen-bond acceptors (Lipinski definition) is 2. The molecular weight excluding hydrogens is 156 g/mol. The topological polar surface area (TPSA) is 20.2 Å². The van der Waals surface area contributed by atoms with Crippen molar-refractivity contribution in [2.45, 2.75) is 11.0 Å². The van der Waals surface area contributed by atoms with Gasteiger partial charge in [-0.1, -0.05) is 18.2 Å². The molecule has 1 radical (unpaired) electrons. The Balaban J connectivity index is 2.39. The molecule has 2 heteroatoms. The average molecular weight is 167 g/mol. The Hall–Kier alpha value is -0.470. The van der Waals surface area contributed by atoms with E-state index in [4.69, 9.17) is 5.11 Å². The van der Waals surface area contributed by atoms with Crippen LogP contribution in [0.4, 0.5) is 0 Å². The van der Waals surface area contributed by atoms with Gasteiger partial charge in [-0.15, -0.1) is 11.8 Å². The first-order chi connectivity index (χ1) is 5.29. The first-order valence-corrected chi connectivity index (χ1v) is 4.46. The van der Waals surface area contributed by atoms with Gasteiger partial charge in [0.05, 0.1) is 6.10 Å². The fraction of sp³-hybridized carbons (Fsp3) is 0.222. The first-order valence-electron chi connectivity index (χ1n) is 3.48. The lowest BCUT2D eigenvalue weighted by atomic mass is 10.4. The summed E-state index contributed by atoms with van der Waals surface area (Å²) in [6.45, 7) is 3.49. The minimum atomic E-state index is -0.472. The minimum absolute atomic E-state index is 0.472. The minimum Gasteiger partial charge on any atom is -0.392 e.